The fourth-order valence-corrected chi connectivity index (χ4v) is 6.92. The highest BCUT2D eigenvalue weighted by Gasteiger charge is 2.54. The van der Waals surface area contributed by atoms with Gasteiger partial charge in [-0.05, 0) is 91.7 Å². The topological polar surface area (TPSA) is 73.2 Å². The Bertz CT molecular complexity index is 1040. The molecule has 1 atom stereocenters. The van der Waals surface area contributed by atoms with Crippen molar-refractivity contribution in [1.82, 2.24) is 9.80 Å². The summed E-state index contributed by atoms with van der Waals surface area (Å²) in [6.45, 7) is 17.7. The summed E-state index contributed by atoms with van der Waals surface area (Å²) in [4.78, 5) is 35.8. The minimum Gasteiger partial charge on any atom is -0.478 e. The molecular formula is C32H49N3O3. The summed E-state index contributed by atoms with van der Waals surface area (Å²) in [5.74, 6) is 0.908. The average Bonchev–Trinajstić information content (AvgIpc) is 3.10. The van der Waals surface area contributed by atoms with Crippen molar-refractivity contribution in [3.63, 3.8) is 0 Å². The van der Waals surface area contributed by atoms with Gasteiger partial charge in [-0.2, -0.15) is 0 Å². The van der Waals surface area contributed by atoms with Gasteiger partial charge < -0.3 is 14.9 Å². The number of piperidine rings is 1. The number of benzene rings is 1. The molecule has 1 saturated carbocycles. The molecular weight excluding hydrogens is 474 g/mol. The number of carbonyl (C=O) groups is 2. The highest BCUT2D eigenvalue weighted by atomic mass is 16.4. The molecule has 1 aromatic carbocycles. The summed E-state index contributed by atoms with van der Waals surface area (Å²) in [7, 11) is 0. The summed E-state index contributed by atoms with van der Waals surface area (Å²) in [6, 6.07) is 7.06. The summed E-state index contributed by atoms with van der Waals surface area (Å²) < 4.78 is 0. The Kier molecular flexibility index (Phi) is 8.03. The zero-order valence-electron chi connectivity index (χ0n) is 24.7. The van der Waals surface area contributed by atoms with Gasteiger partial charge in [-0.25, -0.2) is 9.79 Å². The van der Waals surface area contributed by atoms with E-state index in [0.717, 1.165) is 63.6 Å². The standard InChI is InChI=1S/C32H49N3O3/c1-22(2)9-14-26(23-10-12-24(13-11-23)29(37)38)35-28(36)27(34-20-8-17-31(6,7)21-34)33-32(35)18-15-25(16-19-32)30(3,4)5/h10-13,22,25-26H,8-9,14-21H2,1-7H3,(H,37,38)/t25?,26-,32?/m1/s1. The van der Waals surface area contributed by atoms with Gasteiger partial charge in [0.05, 0.1) is 11.6 Å². The van der Waals surface area contributed by atoms with Gasteiger partial charge in [0.15, 0.2) is 5.84 Å². The third-order valence-corrected chi connectivity index (χ3v) is 9.26. The molecule has 0 unspecified atom stereocenters. The minimum absolute atomic E-state index is 0.0629. The van der Waals surface area contributed by atoms with E-state index in [1.807, 2.05) is 12.1 Å². The number of aromatic carboxylic acids is 1. The van der Waals surface area contributed by atoms with Crippen LogP contribution in [0.1, 0.15) is 122 Å². The maximum Gasteiger partial charge on any atom is 0.335 e. The first-order valence-electron chi connectivity index (χ1n) is 14.7. The van der Waals surface area contributed by atoms with Gasteiger partial charge >= 0.3 is 5.97 Å². The largest absolute Gasteiger partial charge is 0.478 e. The highest BCUT2D eigenvalue weighted by molar-refractivity contribution is 6.39. The molecule has 3 aliphatic rings. The first-order chi connectivity index (χ1) is 17.7. The van der Waals surface area contributed by atoms with E-state index in [1.165, 1.54) is 6.42 Å². The highest BCUT2D eigenvalue weighted by Crippen LogP contribution is 2.50. The summed E-state index contributed by atoms with van der Waals surface area (Å²) >= 11 is 0. The van der Waals surface area contributed by atoms with E-state index >= 15 is 0 Å². The summed E-state index contributed by atoms with van der Waals surface area (Å²) in [6.07, 6.45) is 7.96. The molecule has 0 bridgehead atoms. The number of carboxylic acids is 1. The van der Waals surface area contributed by atoms with Crippen molar-refractivity contribution >= 4 is 17.7 Å². The molecule has 6 heteroatoms. The number of nitrogens with zero attached hydrogens (tertiary/aromatic N) is 3. The van der Waals surface area contributed by atoms with Gasteiger partial charge in [-0.3, -0.25) is 4.79 Å². The second-order valence-electron chi connectivity index (χ2n) is 14.3. The molecule has 0 aromatic heterocycles. The maximum absolute atomic E-state index is 14.5. The van der Waals surface area contributed by atoms with Crippen LogP contribution in [0.5, 0.6) is 0 Å². The zero-order chi connectivity index (χ0) is 27.9. The number of likely N-dealkylation sites (tertiary alicyclic amines) is 1. The van der Waals surface area contributed by atoms with Gasteiger partial charge in [0.1, 0.15) is 5.66 Å². The average molecular weight is 524 g/mol. The minimum atomic E-state index is -0.928. The SMILES string of the molecule is CC(C)CC[C@H](c1ccc(C(=O)O)cc1)N1C(=O)C(N2CCCC(C)(C)C2)=NC12CCC(C(C)(C)C)CC2. The van der Waals surface area contributed by atoms with Crippen LogP contribution in [0, 0.1) is 22.7 Å². The Morgan fingerprint density at radius 1 is 1.08 bits per heavy atom. The lowest BCUT2D eigenvalue weighted by atomic mass is 9.69. The van der Waals surface area contributed by atoms with E-state index in [4.69, 9.17) is 4.99 Å². The summed E-state index contributed by atoms with van der Waals surface area (Å²) in [5.41, 5.74) is 1.16. The summed E-state index contributed by atoms with van der Waals surface area (Å²) in [5, 5.41) is 9.47. The van der Waals surface area contributed by atoms with Crippen LogP contribution in [0.3, 0.4) is 0 Å². The number of hydrogen-bond donors (Lipinski definition) is 1. The van der Waals surface area contributed by atoms with E-state index in [-0.39, 0.29) is 28.3 Å². The van der Waals surface area contributed by atoms with Gasteiger partial charge in [-0.15, -0.1) is 0 Å². The molecule has 1 saturated heterocycles. The zero-order valence-corrected chi connectivity index (χ0v) is 24.7. The van der Waals surface area contributed by atoms with Gasteiger partial charge in [0.25, 0.3) is 5.91 Å². The van der Waals surface area contributed by atoms with Crippen molar-refractivity contribution in [2.24, 2.45) is 27.7 Å². The predicted molar refractivity (Wildman–Crippen MR) is 153 cm³/mol. The van der Waals surface area contributed by atoms with E-state index in [1.54, 1.807) is 12.1 Å². The van der Waals surface area contributed by atoms with Crippen LogP contribution in [-0.4, -0.2) is 51.4 Å². The molecule has 2 aliphatic heterocycles. The Balaban J connectivity index is 1.74. The smallest absolute Gasteiger partial charge is 0.335 e. The fraction of sp³-hybridized carbons (Fsp3) is 0.719. The molecule has 4 rings (SSSR count). The number of amidine groups is 1. The number of carbonyl (C=O) groups excluding carboxylic acids is 1. The third kappa shape index (κ3) is 5.94. The Hall–Kier alpha value is -2.37. The third-order valence-electron chi connectivity index (χ3n) is 9.26. The number of amides is 1. The van der Waals surface area contributed by atoms with E-state index in [9.17, 15) is 14.7 Å². The lowest BCUT2D eigenvalue weighted by Gasteiger charge is -2.47. The van der Waals surface area contributed by atoms with Crippen LogP contribution in [0.4, 0.5) is 0 Å². The van der Waals surface area contributed by atoms with Crippen molar-refractivity contribution in [1.29, 1.82) is 0 Å². The van der Waals surface area contributed by atoms with Crippen LogP contribution in [0.25, 0.3) is 0 Å². The maximum atomic E-state index is 14.5. The van der Waals surface area contributed by atoms with Crippen molar-refractivity contribution in [3.8, 4) is 0 Å². The number of hydrogen-bond acceptors (Lipinski definition) is 4. The lowest BCUT2D eigenvalue weighted by molar-refractivity contribution is -0.134. The van der Waals surface area contributed by atoms with Crippen LogP contribution in [-0.2, 0) is 4.79 Å². The lowest BCUT2D eigenvalue weighted by Crippen LogP contribution is -2.53. The molecule has 1 amide bonds. The number of carboxylic acid groups (broad SMARTS) is 1. The first kappa shape index (κ1) is 28.6. The molecule has 2 heterocycles. The van der Waals surface area contributed by atoms with Crippen molar-refractivity contribution < 1.29 is 14.7 Å². The normalized spacial score (nSPS) is 26.7. The molecule has 210 valence electrons. The molecule has 1 aromatic rings. The quantitative estimate of drug-likeness (QED) is 0.429. The van der Waals surface area contributed by atoms with E-state index < -0.39 is 11.6 Å². The molecule has 1 N–H and O–H groups in total. The fourth-order valence-electron chi connectivity index (χ4n) is 6.92. The molecule has 1 aliphatic carbocycles. The van der Waals surface area contributed by atoms with Gasteiger partial charge in [-0.1, -0.05) is 60.6 Å². The Morgan fingerprint density at radius 3 is 2.24 bits per heavy atom. The second kappa shape index (κ2) is 10.7. The van der Waals surface area contributed by atoms with Crippen LogP contribution in [0.2, 0.25) is 0 Å². The molecule has 6 nitrogen and oxygen atoms in total. The van der Waals surface area contributed by atoms with Crippen LogP contribution in [0.15, 0.2) is 29.3 Å². The van der Waals surface area contributed by atoms with E-state index in [0.29, 0.717) is 17.7 Å². The van der Waals surface area contributed by atoms with Gasteiger partial charge in [0.2, 0.25) is 0 Å². The molecule has 2 fully saturated rings. The van der Waals surface area contributed by atoms with Crippen molar-refractivity contribution in [2.75, 3.05) is 13.1 Å². The second-order valence-corrected chi connectivity index (χ2v) is 14.3. The van der Waals surface area contributed by atoms with Crippen molar-refractivity contribution in [3.05, 3.63) is 35.4 Å². The van der Waals surface area contributed by atoms with Crippen LogP contribution >= 0.6 is 0 Å². The monoisotopic (exact) mass is 523 g/mol. The number of aliphatic imine (C=N–C) groups is 1. The molecule has 38 heavy (non-hydrogen) atoms. The van der Waals surface area contributed by atoms with Crippen molar-refractivity contribution in [2.45, 2.75) is 112 Å². The van der Waals surface area contributed by atoms with Crippen LogP contribution < -0.4 is 0 Å². The first-order valence-corrected chi connectivity index (χ1v) is 14.7. The predicted octanol–water partition coefficient (Wildman–Crippen LogP) is 7.16. The molecule has 0 radical (unpaired) electrons. The Labute approximate surface area is 229 Å². The number of rotatable bonds is 6. The Morgan fingerprint density at radius 2 is 1.71 bits per heavy atom. The van der Waals surface area contributed by atoms with Gasteiger partial charge in [0, 0.05) is 13.1 Å². The molecule has 1 spiro atoms. The van der Waals surface area contributed by atoms with E-state index in [2.05, 4.69) is 58.3 Å².